The Kier molecular flexibility index (Phi) is 7.64. The van der Waals surface area contributed by atoms with Crippen LogP contribution in [0.15, 0.2) is 33.7 Å². The Morgan fingerprint density at radius 3 is 2.44 bits per heavy atom. The Morgan fingerprint density at radius 1 is 1.19 bits per heavy atom. The number of morpholine rings is 1. The van der Waals surface area contributed by atoms with Crippen LogP contribution in [0.4, 0.5) is 5.69 Å². The molecule has 1 aromatic carbocycles. The van der Waals surface area contributed by atoms with E-state index in [-0.39, 0.29) is 11.3 Å². The summed E-state index contributed by atoms with van der Waals surface area (Å²) in [4.78, 5) is 24.6. The van der Waals surface area contributed by atoms with Crippen LogP contribution in [0.3, 0.4) is 0 Å². The number of nitrogens with one attached hydrogen (secondary N) is 1. The number of amides is 1. The number of carbonyl (C=O) groups excluding carboxylic acids is 2. The lowest BCUT2D eigenvalue weighted by atomic mass is 10.1. The van der Waals surface area contributed by atoms with E-state index >= 15 is 0 Å². The number of esters is 1. The summed E-state index contributed by atoms with van der Waals surface area (Å²) in [6.07, 6.45) is -0.508. The van der Waals surface area contributed by atoms with Crippen LogP contribution in [-0.4, -0.2) is 62.2 Å². The Morgan fingerprint density at radius 2 is 1.84 bits per heavy atom. The number of aryl methyl sites for hydroxylation is 2. The van der Waals surface area contributed by atoms with E-state index in [0.29, 0.717) is 44.2 Å². The summed E-state index contributed by atoms with van der Waals surface area (Å²) < 4.78 is 42.1. The predicted octanol–water partition coefficient (Wildman–Crippen LogP) is 1.82. The van der Waals surface area contributed by atoms with Gasteiger partial charge >= 0.3 is 5.97 Å². The molecule has 1 amide bonds. The van der Waals surface area contributed by atoms with Crippen molar-refractivity contribution < 1.29 is 32.0 Å². The molecule has 0 spiro atoms. The number of sulfonamides is 1. The van der Waals surface area contributed by atoms with E-state index in [1.165, 1.54) is 35.5 Å². The molecule has 10 nitrogen and oxygen atoms in total. The van der Waals surface area contributed by atoms with Gasteiger partial charge in [-0.2, -0.15) is 4.31 Å². The van der Waals surface area contributed by atoms with Gasteiger partial charge in [0.2, 0.25) is 10.0 Å². The number of hydrogen-bond acceptors (Lipinski definition) is 8. The molecule has 2 aromatic rings. The summed E-state index contributed by atoms with van der Waals surface area (Å²) in [5.41, 5.74) is 1.97. The van der Waals surface area contributed by atoms with Crippen molar-refractivity contribution >= 4 is 27.6 Å². The highest BCUT2D eigenvalue weighted by Crippen LogP contribution is 2.20. The van der Waals surface area contributed by atoms with Gasteiger partial charge in [-0.05, 0) is 51.5 Å². The zero-order valence-electron chi connectivity index (χ0n) is 18.3. The number of aromatic nitrogens is 1. The SMILES string of the molecule is Cc1noc(C)c1CCC(=O)OC(C)C(=O)Nc1ccc(S(=O)(=O)N2CCOCC2)cc1. The molecule has 174 valence electrons. The molecule has 1 aliphatic rings. The maximum Gasteiger partial charge on any atom is 0.306 e. The summed E-state index contributed by atoms with van der Waals surface area (Å²) in [5.74, 6) is -0.376. The van der Waals surface area contributed by atoms with Gasteiger partial charge in [-0.1, -0.05) is 5.16 Å². The molecule has 0 saturated carbocycles. The zero-order valence-corrected chi connectivity index (χ0v) is 19.1. The molecule has 1 atom stereocenters. The smallest absolute Gasteiger partial charge is 0.306 e. The molecule has 1 aromatic heterocycles. The molecule has 1 fully saturated rings. The van der Waals surface area contributed by atoms with Crippen LogP contribution < -0.4 is 5.32 Å². The molecular formula is C21H27N3O7S. The zero-order chi connectivity index (χ0) is 23.3. The van der Waals surface area contributed by atoms with Gasteiger partial charge in [0.25, 0.3) is 5.91 Å². The Bertz CT molecular complexity index is 1040. The Hall–Kier alpha value is -2.76. The molecule has 1 aliphatic heterocycles. The third-order valence-electron chi connectivity index (χ3n) is 5.17. The molecule has 2 heterocycles. The van der Waals surface area contributed by atoms with Crippen LogP contribution in [0.25, 0.3) is 0 Å². The van der Waals surface area contributed by atoms with Crippen LogP contribution in [-0.2, 0) is 35.5 Å². The molecule has 11 heteroatoms. The number of rotatable bonds is 8. The summed E-state index contributed by atoms with van der Waals surface area (Å²) >= 11 is 0. The van der Waals surface area contributed by atoms with Crippen LogP contribution in [0.5, 0.6) is 0 Å². The number of ether oxygens (including phenoxy) is 2. The van der Waals surface area contributed by atoms with Crippen LogP contribution >= 0.6 is 0 Å². The largest absolute Gasteiger partial charge is 0.453 e. The van der Waals surface area contributed by atoms with Crippen molar-refractivity contribution in [3.8, 4) is 0 Å². The van der Waals surface area contributed by atoms with Gasteiger partial charge in [-0.3, -0.25) is 9.59 Å². The van der Waals surface area contributed by atoms with Gasteiger partial charge in [0.1, 0.15) is 5.76 Å². The standard InChI is InChI=1S/C21H27N3O7S/c1-14-19(15(2)31-23-14)8-9-20(25)30-16(3)21(26)22-17-4-6-18(7-5-17)32(27,28)24-10-12-29-13-11-24/h4-7,16H,8-13H2,1-3H3,(H,22,26). The van der Waals surface area contributed by atoms with Gasteiger partial charge in [-0.15, -0.1) is 0 Å². The maximum absolute atomic E-state index is 12.7. The van der Waals surface area contributed by atoms with Crippen molar-refractivity contribution in [2.45, 2.75) is 44.6 Å². The first-order chi connectivity index (χ1) is 15.2. The van der Waals surface area contributed by atoms with E-state index < -0.39 is 28.0 Å². The summed E-state index contributed by atoms with van der Waals surface area (Å²) in [6, 6.07) is 5.86. The first-order valence-corrected chi connectivity index (χ1v) is 11.7. The van der Waals surface area contributed by atoms with E-state index in [2.05, 4.69) is 10.5 Å². The minimum absolute atomic E-state index is 0.0919. The highest BCUT2D eigenvalue weighted by molar-refractivity contribution is 7.89. The topological polar surface area (TPSA) is 128 Å². The molecule has 1 saturated heterocycles. The van der Waals surface area contributed by atoms with Gasteiger partial charge in [0.15, 0.2) is 6.10 Å². The third-order valence-corrected chi connectivity index (χ3v) is 7.08. The van der Waals surface area contributed by atoms with Gasteiger partial charge in [0, 0.05) is 30.8 Å². The predicted molar refractivity (Wildman–Crippen MR) is 115 cm³/mol. The molecular weight excluding hydrogens is 438 g/mol. The molecule has 32 heavy (non-hydrogen) atoms. The van der Waals surface area contributed by atoms with Crippen molar-refractivity contribution in [3.63, 3.8) is 0 Å². The molecule has 0 bridgehead atoms. The number of benzene rings is 1. The minimum Gasteiger partial charge on any atom is -0.453 e. The second kappa shape index (κ2) is 10.2. The van der Waals surface area contributed by atoms with Crippen LogP contribution in [0.2, 0.25) is 0 Å². The highest BCUT2D eigenvalue weighted by atomic mass is 32.2. The number of hydrogen-bond donors (Lipinski definition) is 1. The molecule has 3 rings (SSSR count). The normalized spacial score (nSPS) is 15.8. The number of nitrogens with zero attached hydrogens (tertiary/aromatic N) is 2. The lowest BCUT2D eigenvalue weighted by Crippen LogP contribution is -2.40. The number of carbonyl (C=O) groups is 2. The highest BCUT2D eigenvalue weighted by Gasteiger charge is 2.26. The third kappa shape index (κ3) is 5.72. The monoisotopic (exact) mass is 465 g/mol. The van der Waals surface area contributed by atoms with Gasteiger partial charge < -0.3 is 19.3 Å². The summed E-state index contributed by atoms with van der Waals surface area (Å²) in [7, 11) is -3.61. The average molecular weight is 466 g/mol. The quantitative estimate of drug-likeness (QED) is 0.585. The minimum atomic E-state index is -3.61. The fourth-order valence-electron chi connectivity index (χ4n) is 3.29. The fraction of sp³-hybridized carbons (Fsp3) is 0.476. The van der Waals surface area contributed by atoms with Gasteiger partial charge in [0.05, 0.1) is 23.8 Å². The molecule has 1 N–H and O–H groups in total. The molecule has 1 unspecified atom stereocenters. The first-order valence-electron chi connectivity index (χ1n) is 10.3. The first kappa shape index (κ1) is 23.9. The van der Waals surface area contributed by atoms with E-state index in [1.54, 1.807) is 13.8 Å². The van der Waals surface area contributed by atoms with Crippen molar-refractivity contribution in [2.75, 3.05) is 31.6 Å². The van der Waals surface area contributed by atoms with Crippen molar-refractivity contribution in [1.29, 1.82) is 0 Å². The maximum atomic E-state index is 12.7. The van der Waals surface area contributed by atoms with Crippen molar-refractivity contribution in [3.05, 3.63) is 41.3 Å². The number of anilines is 1. The van der Waals surface area contributed by atoms with Crippen molar-refractivity contribution in [2.24, 2.45) is 0 Å². The van der Waals surface area contributed by atoms with Crippen LogP contribution in [0, 0.1) is 13.8 Å². The Labute approximate surface area is 186 Å². The second-order valence-electron chi connectivity index (χ2n) is 7.46. The average Bonchev–Trinajstić information content (AvgIpc) is 3.10. The van der Waals surface area contributed by atoms with E-state index in [0.717, 1.165) is 11.3 Å². The lowest BCUT2D eigenvalue weighted by molar-refractivity contribution is -0.153. The Balaban J connectivity index is 1.51. The molecule has 0 aliphatic carbocycles. The van der Waals surface area contributed by atoms with E-state index in [9.17, 15) is 18.0 Å². The fourth-order valence-corrected chi connectivity index (χ4v) is 4.69. The second-order valence-corrected chi connectivity index (χ2v) is 9.40. The van der Waals surface area contributed by atoms with E-state index in [1.807, 2.05) is 0 Å². The summed E-state index contributed by atoms with van der Waals surface area (Å²) in [5, 5.41) is 6.46. The van der Waals surface area contributed by atoms with Crippen LogP contribution in [0.1, 0.15) is 30.4 Å². The van der Waals surface area contributed by atoms with Gasteiger partial charge in [-0.25, -0.2) is 8.42 Å². The van der Waals surface area contributed by atoms with E-state index in [4.69, 9.17) is 14.0 Å². The van der Waals surface area contributed by atoms with Crippen molar-refractivity contribution in [1.82, 2.24) is 9.46 Å². The lowest BCUT2D eigenvalue weighted by Gasteiger charge is -2.26. The molecule has 0 radical (unpaired) electrons. The summed E-state index contributed by atoms with van der Waals surface area (Å²) in [6.45, 7) is 6.38.